The molecule has 3 aromatic carbocycles. The lowest BCUT2D eigenvalue weighted by Crippen LogP contribution is -2.10. The predicted octanol–water partition coefficient (Wildman–Crippen LogP) is 5.89. The lowest BCUT2D eigenvalue weighted by atomic mass is 9.86. The highest BCUT2D eigenvalue weighted by atomic mass is 16.5. The summed E-state index contributed by atoms with van der Waals surface area (Å²) in [5.74, 6) is -1.00. The molecule has 0 aliphatic heterocycles. The van der Waals surface area contributed by atoms with Gasteiger partial charge in [-0.3, -0.25) is 0 Å². The van der Waals surface area contributed by atoms with Crippen molar-refractivity contribution in [1.82, 2.24) is 0 Å². The molecule has 30 heavy (non-hydrogen) atoms. The van der Waals surface area contributed by atoms with Crippen LogP contribution in [0.1, 0.15) is 47.1 Å². The Balaban J connectivity index is 1.95. The molecule has 0 aliphatic rings. The van der Waals surface area contributed by atoms with Crippen LogP contribution in [0.3, 0.4) is 0 Å². The van der Waals surface area contributed by atoms with Crippen molar-refractivity contribution >= 4 is 11.9 Å². The van der Waals surface area contributed by atoms with Crippen LogP contribution in [0.15, 0.2) is 66.7 Å². The molecule has 0 unspecified atom stereocenters. The molecule has 4 heteroatoms. The molecular weight excluding hydrogens is 376 g/mol. The van der Waals surface area contributed by atoms with Crippen LogP contribution >= 0.6 is 0 Å². The molecule has 0 bridgehead atoms. The van der Waals surface area contributed by atoms with Crippen molar-refractivity contribution in [3.63, 3.8) is 0 Å². The van der Waals surface area contributed by atoms with Crippen LogP contribution in [0.4, 0.5) is 0 Å². The van der Waals surface area contributed by atoms with Crippen molar-refractivity contribution in [2.45, 2.75) is 26.2 Å². The van der Waals surface area contributed by atoms with Crippen molar-refractivity contribution in [2.75, 3.05) is 14.2 Å². The molecule has 4 nitrogen and oxygen atoms in total. The topological polar surface area (TPSA) is 52.6 Å². The molecule has 0 fully saturated rings. The summed E-state index contributed by atoms with van der Waals surface area (Å²) in [5, 5.41) is 0. The minimum atomic E-state index is -0.502. The lowest BCUT2D eigenvalue weighted by molar-refractivity contribution is 0.0599. The summed E-state index contributed by atoms with van der Waals surface area (Å²) in [5.41, 5.74) is 5.87. The van der Waals surface area contributed by atoms with E-state index in [0.29, 0.717) is 11.1 Å². The number of rotatable bonds is 4. The van der Waals surface area contributed by atoms with Gasteiger partial charge in [0, 0.05) is 0 Å². The first-order valence-electron chi connectivity index (χ1n) is 9.76. The van der Waals surface area contributed by atoms with Gasteiger partial charge in [0.1, 0.15) is 0 Å². The number of hydrogen-bond acceptors (Lipinski definition) is 4. The first-order chi connectivity index (χ1) is 14.2. The zero-order chi connectivity index (χ0) is 21.9. The molecule has 0 aromatic heterocycles. The summed E-state index contributed by atoms with van der Waals surface area (Å²) in [6, 6.07) is 21.5. The predicted molar refractivity (Wildman–Crippen MR) is 119 cm³/mol. The number of benzene rings is 3. The number of ether oxygens (including phenoxy) is 2. The first kappa shape index (κ1) is 21.3. The van der Waals surface area contributed by atoms with Crippen molar-refractivity contribution < 1.29 is 19.1 Å². The normalized spacial score (nSPS) is 11.1. The van der Waals surface area contributed by atoms with Crippen LogP contribution < -0.4 is 0 Å². The summed E-state index contributed by atoms with van der Waals surface area (Å²) in [6.45, 7) is 6.59. The van der Waals surface area contributed by atoms with Gasteiger partial charge < -0.3 is 9.47 Å². The molecule has 0 saturated carbocycles. The van der Waals surface area contributed by atoms with Gasteiger partial charge in [0.15, 0.2) is 0 Å². The van der Waals surface area contributed by atoms with E-state index in [9.17, 15) is 9.59 Å². The molecular formula is C26H26O4. The van der Waals surface area contributed by atoms with Gasteiger partial charge in [-0.1, -0.05) is 69.3 Å². The van der Waals surface area contributed by atoms with E-state index in [4.69, 9.17) is 9.47 Å². The molecule has 0 N–H and O–H groups in total. The van der Waals surface area contributed by atoms with Crippen LogP contribution in [-0.4, -0.2) is 26.2 Å². The van der Waals surface area contributed by atoms with E-state index in [1.807, 2.05) is 24.3 Å². The summed E-state index contributed by atoms with van der Waals surface area (Å²) in [4.78, 5) is 24.0. The van der Waals surface area contributed by atoms with Gasteiger partial charge in [-0.15, -0.1) is 0 Å². The highest BCUT2D eigenvalue weighted by Crippen LogP contribution is 2.29. The van der Waals surface area contributed by atoms with E-state index in [0.717, 1.165) is 22.3 Å². The van der Waals surface area contributed by atoms with E-state index < -0.39 is 11.9 Å². The van der Waals surface area contributed by atoms with Gasteiger partial charge in [-0.2, -0.15) is 0 Å². The van der Waals surface area contributed by atoms with Crippen LogP contribution in [0.5, 0.6) is 0 Å². The average Bonchev–Trinajstić information content (AvgIpc) is 2.77. The quantitative estimate of drug-likeness (QED) is 0.511. The highest BCUT2D eigenvalue weighted by molar-refractivity contribution is 5.97. The van der Waals surface area contributed by atoms with Gasteiger partial charge in [0.2, 0.25) is 0 Å². The fourth-order valence-electron chi connectivity index (χ4n) is 3.28. The number of carbonyl (C=O) groups excluding carboxylic acids is 2. The van der Waals surface area contributed by atoms with Crippen molar-refractivity contribution in [1.29, 1.82) is 0 Å². The van der Waals surface area contributed by atoms with Gasteiger partial charge in [-0.25, -0.2) is 9.59 Å². The van der Waals surface area contributed by atoms with Gasteiger partial charge in [0.05, 0.1) is 25.3 Å². The summed E-state index contributed by atoms with van der Waals surface area (Å²) < 4.78 is 9.63. The third-order valence-electron chi connectivity index (χ3n) is 5.08. The standard InChI is InChI=1S/C26H26O4/c1-26(2,3)23-12-10-18(11-13-23)17-6-8-19(9-7-17)20-14-21(24(27)29-4)16-22(15-20)25(28)30-5/h6-16H,1-5H3. The Morgan fingerprint density at radius 3 is 1.33 bits per heavy atom. The molecule has 0 spiro atoms. The maximum atomic E-state index is 12.0. The van der Waals surface area contributed by atoms with Crippen molar-refractivity contribution in [3.8, 4) is 22.3 Å². The average molecular weight is 402 g/mol. The minimum Gasteiger partial charge on any atom is -0.465 e. The van der Waals surface area contributed by atoms with Crippen molar-refractivity contribution in [3.05, 3.63) is 83.4 Å². The summed E-state index contributed by atoms with van der Waals surface area (Å²) in [6.07, 6.45) is 0. The monoisotopic (exact) mass is 402 g/mol. The second kappa shape index (κ2) is 8.54. The second-order valence-corrected chi connectivity index (χ2v) is 8.19. The van der Waals surface area contributed by atoms with E-state index >= 15 is 0 Å². The maximum absolute atomic E-state index is 12.0. The molecule has 0 amide bonds. The smallest absolute Gasteiger partial charge is 0.337 e. The number of hydrogen-bond donors (Lipinski definition) is 0. The van der Waals surface area contributed by atoms with Gasteiger partial charge in [-0.05, 0) is 51.4 Å². The van der Waals surface area contributed by atoms with E-state index in [1.54, 1.807) is 12.1 Å². The molecule has 0 atom stereocenters. The first-order valence-corrected chi connectivity index (χ1v) is 9.76. The third kappa shape index (κ3) is 4.60. The van der Waals surface area contributed by atoms with Crippen molar-refractivity contribution in [2.24, 2.45) is 0 Å². The second-order valence-electron chi connectivity index (χ2n) is 8.19. The Labute approximate surface area is 177 Å². The third-order valence-corrected chi connectivity index (χ3v) is 5.08. The summed E-state index contributed by atoms with van der Waals surface area (Å²) >= 11 is 0. The summed E-state index contributed by atoms with van der Waals surface area (Å²) in [7, 11) is 2.62. The van der Waals surface area contributed by atoms with Gasteiger partial charge in [0.25, 0.3) is 0 Å². The van der Waals surface area contributed by atoms with E-state index in [1.165, 1.54) is 25.8 Å². The number of methoxy groups -OCH3 is 2. The van der Waals surface area contributed by atoms with E-state index in [2.05, 4.69) is 45.0 Å². The van der Waals surface area contributed by atoms with Crippen LogP contribution in [0.2, 0.25) is 0 Å². The van der Waals surface area contributed by atoms with Crippen LogP contribution in [0, 0.1) is 0 Å². The van der Waals surface area contributed by atoms with Gasteiger partial charge >= 0.3 is 11.9 Å². The van der Waals surface area contributed by atoms with Crippen LogP contribution in [0.25, 0.3) is 22.3 Å². The Kier molecular flexibility index (Phi) is 6.06. The molecule has 154 valence electrons. The molecule has 3 rings (SSSR count). The molecule has 0 radical (unpaired) electrons. The number of carbonyl (C=O) groups is 2. The Morgan fingerprint density at radius 2 is 0.967 bits per heavy atom. The number of esters is 2. The zero-order valence-corrected chi connectivity index (χ0v) is 18.0. The SMILES string of the molecule is COC(=O)c1cc(C(=O)OC)cc(-c2ccc(-c3ccc(C(C)(C)C)cc3)cc2)c1. The molecule has 3 aromatic rings. The fraction of sp³-hybridized carbons (Fsp3) is 0.231. The minimum absolute atomic E-state index is 0.115. The Hall–Kier alpha value is -3.40. The molecule has 0 heterocycles. The lowest BCUT2D eigenvalue weighted by Gasteiger charge is -2.19. The molecule has 0 saturated heterocycles. The fourth-order valence-corrected chi connectivity index (χ4v) is 3.28. The van der Waals surface area contributed by atoms with E-state index in [-0.39, 0.29) is 5.41 Å². The Bertz CT molecular complexity index is 1020. The Morgan fingerprint density at radius 1 is 0.600 bits per heavy atom. The molecule has 0 aliphatic carbocycles. The maximum Gasteiger partial charge on any atom is 0.337 e. The largest absolute Gasteiger partial charge is 0.465 e. The zero-order valence-electron chi connectivity index (χ0n) is 18.0. The highest BCUT2D eigenvalue weighted by Gasteiger charge is 2.15. The van der Waals surface area contributed by atoms with Crippen LogP contribution in [-0.2, 0) is 14.9 Å².